The van der Waals surface area contributed by atoms with Crippen molar-refractivity contribution >= 4 is 21.6 Å². The first-order chi connectivity index (χ1) is 8.64. The average molecular weight is 296 g/mol. The third-order valence-corrected chi connectivity index (χ3v) is 3.47. The zero-order chi connectivity index (χ0) is 14.7. The van der Waals surface area contributed by atoms with Crippen molar-refractivity contribution < 1.29 is 26.4 Å². The number of rotatable bonds is 4. The summed E-state index contributed by atoms with van der Waals surface area (Å²) >= 11 is 0. The molecule has 0 aliphatic rings. The maximum absolute atomic E-state index is 12.0. The monoisotopic (exact) mass is 296 g/mol. The van der Waals surface area contributed by atoms with Gasteiger partial charge in [0.15, 0.2) is 0 Å². The Hall–Kier alpha value is -1.61. The lowest BCUT2D eigenvalue weighted by Crippen LogP contribution is -2.29. The van der Waals surface area contributed by atoms with E-state index in [4.69, 9.17) is 0 Å². The Morgan fingerprint density at radius 3 is 2.16 bits per heavy atom. The molecule has 0 fully saturated rings. The van der Waals surface area contributed by atoms with Crippen LogP contribution in [0.2, 0.25) is 0 Å². The maximum Gasteiger partial charge on any atom is 0.471 e. The smallest absolute Gasteiger partial charge is 0.318 e. The number of amides is 1. The van der Waals surface area contributed by atoms with Crippen LogP contribution in [-0.2, 0) is 20.6 Å². The highest BCUT2D eigenvalue weighted by molar-refractivity contribution is 7.88. The van der Waals surface area contributed by atoms with E-state index in [9.17, 15) is 26.4 Å². The number of alkyl halides is 3. The quantitative estimate of drug-likeness (QED) is 0.877. The number of carbonyl (C=O) groups excluding carboxylic acids is 1. The van der Waals surface area contributed by atoms with Crippen LogP contribution in [-0.4, -0.2) is 27.5 Å². The lowest BCUT2D eigenvalue weighted by Gasteiger charge is -2.08. The number of sulfonamides is 1. The largest absolute Gasteiger partial charge is 0.471 e. The van der Waals surface area contributed by atoms with Gasteiger partial charge < -0.3 is 5.32 Å². The van der Waals surface area contributed by atoms with Gasteiger partial charge in [0.1, 0.15) is 0 Å². The van der Waals surface area contributed by atoms with Gasteiger partial charge in [0, 0.05) is 5.69 Å². The number of nitrogens with one attached hydrogen (secondary N) is 2. The van der Waals surface area contributed by atoms with Crippen molar-refractivity contribution in [1.82, 2.24) is 4.72 Å². The van der Waals surface area contributed by atoms with Crippen molar-refractivity contribution in [3.8, 4) is 0 Å². The second kappa shape index (κ2) is 5.57. The van der Waals surface area contributed by atoms with Crippen molar-refractivity contribution in [1.29, 1.82) is 0 Å². The highest BCUT2D eigenvalue weighted by atomic mass is 32.2. The predicted molar refractivity (Wildman–Crippen MR) is 62.8 cm³/mol. The summed E-state index contributed by atoms with van der Waals surface area (Å²) in [5.74, 6) is -2.38. The van der Waals surface area contributed by atoms with Crippen LogP contribution >= 0.6 is 0 Å². The van der Waals surface area contributed by atoms with E-state index in [0.717, 1.165) is 0 Å². The van der Waals surface area contributed by atoms with Gasteiger partial charge in [-0.05, 0) is 24.7 Å². The van der Waals surface area contributed by atoms with Gasteiger partial charge in [-0.2, -0.15) is 13.2 Å². The third kappa shape index (κ3) is 4.87. The first-order valence-corrected chi connectivity index (χ1v) is 6.67. The van der Waals surface area contributed by atoms with Gasteiger partial charge in [0.2, 0.25) is 10.0 Å². The van der Waals surface area contributed by atoms with Gasteiger partial charge in [-0.15, -0.1) is 0 Å². The Morgan fingerprint density at radius 1 is 1.21 bits per heavy atom. The number of halogens is 3. The minimum atomic E-state index is -4.96. The maximum atomic E-state index is 12.0. The van der Waals surface area contributed by atoms with Gasteiger partial charge >= 0.3 is 12.1 Å². The molecule has 1 aromatic carbocycles. The van der Waals surface area contributed by atoms with Gasteiger partial charge in [0.25, 0.3) is 0 Å². The molecule has 5 nitrogen and oxygen atoms in total. The fourth-order valence-corrected chi connectivity index (χ4v) is 1.95. The summed E-state index contributed by atoms with van der Waals surface area (Å²) in [6, 6.07) is 5.04. The molecule has 1 amide bonds. The molecule has 0 saturated carbocycles. The highest BCUT2D eigenvalue weighted by Gasteiger charge is 2.38. The van der Waals surface area contributed by atoms with E-state index in [1.165, 1.54) is 31.3 Å². The molecule has 1 rings (SSSR count). The second-order valence-corrected chi connectivity index (χ2v) is 5.54. The zero-order valence-corrected chi connectivity index (χ0v) is 10.6. The molecule has 9 heteroatoms. The van der Waals surface area contributed by atoms with Crippen LogP contribution in [0.4, 0.5) is 18.9 Å². The fraction of sp³-hybridized carbons (Fsp3) is 0.300. The van der Waals surface area contributed by atoms with Crippen molar-refractivity contribution in [2.24, 2.45) is 0 Å². The summed E-state index contributed by atoms with van der Waals surface area (Å²) in [5.41, 5.74) is 0.326. The van der Waals surface area contributed by atoms with Crippen LogP contribution in [0.25, 0.3) is 0 Å². The summed E-state index contributed by atoms with van der Waals surface area (Å²) in [6.45, 7) is 0. The molecule has 0 bridgehead atoms. The summed E-state index contributed by atoms with van der Waals surface area (Å²) in [4.78, 5) is 10.7. The van der Waals surface area contributed by atoms with Crippen molar-refractivity contribution in [3.63, 3.8) is 0 Å². The minimum Gasteiger partial charge on any atom is -0.318 e. The van der Waals surface area contributed by atoms with Crippen LogP contribution in [0.5, 0.6) is 0 Å². The molecule has 0 saturated heterocycles. The molecule has 19 heavy (non-hydrogen) atoms. The molecule has 2 N–H and O–H groups in total. The molecule has 0 atom stereocenters. The molecule has 0 aromatic heterocycles. The van der Waals surface area contributed by atoms with Gasteiger partial charge in [-0.25, -0.2) is 13.1 Å². The van der Waals surface area contributed by atoms with Crippen molar-refractivity contribution in [3.05, 3.63) is 29.8 Å². The van der Waals surface area contributed by atoms with E-state index in [1.54, 1.807) is 5.32 Å². The van der Waals surface area contributed by atoms with Gasteiger partial charge in [0.05, 0.1) is 5.75 Å². The van der Waals surface area contributed by atoms with Crippen LogP contribution in [0.15, 0.2) is 24.3 Å². The van der Waals surface area contributed by atoms with E-state index in [2.05, 4.69) is 4.72 Å². The van der Waals surface area contributed by atoms with Crippen LogP contribution in [0, 0.1) is 0 Å². The number of carbonyl (C=O) groups is 1. The summed E-state index contributed by atoms with van der Waals surface area (Å²) < 4.78 is 60.5. The molecule has 1 aromatic rings. The van der Waals surface area contributed by atoms with Crippen LogP contribution in [0.3, 0.4) is 0 Å². The zero-order valence-electron chi connectivity index (χ0n) is 9.78. The molecule has 0 aliphatic carbocycles. The Morgan fingerprint density at radius 2 is 1.74 bits per heavy atom. The summed E-state index contributed by atoms with van der Waals surface area (Å²) in [5, 5.41) is 1.66. The van der Waals surface area contributed by atoms with Gasteiger partial charge in [-0.1, -0.05) is 12.1 Å². The second-order valence-electron chi connectivity index (χ2n) is 3.61. The third-order valence-electron chi connectivity index (χ3n) is 2.14. The van der Waals surface area contributed by atoms with Gasteiger partial charge in [-0.3, -0.25) is 4.79 Å². The fourth-order valence-electron chi connectivity index (χ4n) is 1.18. The summed E-state index contributed by atoms with van der Waals surface area (Å²) in [6.07, 6.45) is -4.96. The first kappa shape index (κ1) is 15.4. The van der Waals surface area contributed by atoms with E-state index in [0.29, 0.717) is 5.56 Å². The van der Waals surface area contributed by atoms with Crippen LogP contribution < -0.4 is 10.0 Å². The molecule has 0 aliphatic heterocycles. The molecular weight excluding hydrogens is 285 g/mol. The Bertz CT molecular complexity index is 552. The number of benzene rings is 1. The molecule has 0 heterocycles. The molecule has 0 unspecified atom stereocenters. The lowest BCUT2D eigenvalue weighted by molar-refractivity contribution is -0.167. The number of anilines is 1. The molecular formula is C10H11F3N2O3S. The minimum absolute atomic E-state index is 0.0621. The molecule has 0 radical (unpaired) electrons. The molecule has 0 spiro atoms. The Balaban J connectivity index is 2.75. The van der Waals surface area contributed by atoms with E-state index in [-0.39, 0.29) is 11.4 Å². The number of hydrogen-bond donors (Lipinski definition) is 2. The Kier molecular flexibility index (Phi) is 4.53. The van der Waals surface area contributed by atoms with Crippen molar-refractivity contribution in [2.45, 2.75) is 11.9 Å². The van der Waals surface area contributed by atoms with Crippen molar-refractivity contribution in [2.75, 3.05) is 12.4 Å². The Labute approximate surface area is 107 Å². The van der Waals surface area contributed by atoms with Crippen LogP contribution in [0.1, 0.15) is 5.56 Å². The number of hydrogen-bond acceptors (Lipinski definition) is 3. The highest BCUT2D eigenvalue weighted by Crippen LogP contribution is 2.18. The predicted octanol–water partition coefficient (Wildman–Crippen LogP) is 1.24. The molecule has 106 valence electrons. The SMILES string of the molecule is CNS(=O)(=O)Cc1ccc(NC(=O)C(F)(F)F)cc1. The van der Waals surface area contributed by atoms with E-state index in [1.807, 2.05) is 0 Å². The standard InChI is InChI=1S/C10H11F3N2O3S/c1-14-19(17,18)6-7-2-4-8(5-3-7)15-9(16)10(11,12)13/h2-5,14H,6H2,1H3,(H,15,16). The normalized spacial score (nSPS) is 12.2. The summed E-state index contributed by atoms with van der Waals surface area (Å²) in [7, 11) is -2.19. The average Bonchev–Trinajstić information content (AvgIpc) is 2.30. The first-order valence-electron chi connectivity index (χ1n) is 5.02. The van der Waals surface area contributed by atoms with E-state index < -0.39 is 22.1 Å². The van der Waals surface area contributed by atoms with E-state index >= 15 is 0 Å². The lowest BCUT2D eigenvalue weighted by atomic mass is 10.2. The topological polar surface area (TPSA) is 75.3 Å².